The molecule has 2 heteroatoms. The first-order valence-electron chi connectivity index (χ1n) is 8.67. The first-order valence-corrected chi connectivity index (χ1v) is 8.67. The van der Waals surface area contributed by atoms with Gasteiger partial charge in [0.2, 0.25) is 0 Å². The summed E-state index contributed by atoms with van der Waals surface area (Å²) in [6, 6.07) is 9.67. The summed E-state index contributed by atoms with van der Waals surface area (Å²) in [4.78, 5) is 0. The zero-order chi connectivity index (χ0) is 14.9. The Balaban J connectivity index is 1.62. The molecule has 3 rings (SSSR count). The second-order valence-electron chi connectivity index (χ2n) is 6.89. The predicted molar refractivity (Wildman–Crippen MR) is 88.9 cm³/mol. The first-order chi connectivity index (χ1) is 10.2. The van der Waals surface area contributed by atoms with Crippen LogP contribution in [0.3, 0.4) is 0 Å². The fourth-order valence-electron chi connectivity index (χ4n) is 3.99. The van der Waals surface area contributed by atoms with E-state index in [2.05, 4.69) is 50.4 Å². The van der Waals surface area contributed by atoms with E-state index in [0.29, 0.717) is 23.5 Å². The third-order valence-corrected chi connectivity index (χ3v) is 5.87. The third kappa shape index (κ3) is 2.59. The van der Waals surface area contributed by atoms with Gasteiger partial charge in [0.05, 0.1) is 6.10 Å². The van der Waals surface area contributed by atoms with Gasteiger partial charge in [-0.25, -0.2) is 0 Å². The molecule has 21 heavy (non-hydrogen) atoms. The van der Waals surface area contributed by atoms with Crippen molar-refractivity contribution in [2.24, 2.45) is 5.41 Å². The quantitative estimate of drug-likeness (QED) is 0.798. The number of ether oxygens (including phenoxy) is 1. The number of rotatable bonds is 6. The molecule has 1 aromatic rings. The first kappa shape index (κ1) is 14.9. The standard InChI is InChI=1S/C19H29NO/c1-4-14(3)15-7-9-16(10-8-15)20-17-13-18(21-5-2)19(17)11-6-12-19/h7-10,14,17-18,20H,4-6,11-13H2,1-3H3. The lowest BCUT2D eigenvalue weighted by atomic mass is 9.51. The van der Waals surface area contributed by atoms with Crippen molar-refractivity contribution in [3.05, 3.63) is 29.8 Å². The van der Waals surface area contributed by atoms with Crippen molar-refractivity contribution in [3.63, 3.8) is 0 Å². The number of hydrogen-bond donors (Lipinski definition) is 1. The Bertz CT molecular complexity index is 463. The van der Waals surface area contributed by atoms with Gasteiger partial charge in [0.1, 0.15) is 0 Å². The van der Waals surface area contributed by atoms with Gasteiger partial charge in [-0.2, -0.15) is 0 Å². The van der Waals surface area contributed by atoms with Crippen molar-refractivity contribution in [2.45, 2.75) is 70.9 Å². The van der Waals surface area contributed by atoms with Gasteiger partial charge in [0, 0.05) is 23.8 Å². The molecule has 0 saturated heterocycles. The fraction of sp³-hybridized carbons (Fsp3) is 0.684. The molecule has 1 aromatic carbocycles. The second-order valence-corrected chi connectivity index (χ2v) is 6.89. The van der Waals surface area contributed by atoms with E-state index in [9.17, 15) is 0 Å². The van der Waals surface area contributed by atoms with Gasteiger partial charge in [0.15, 0.2) is 0 Å². The highest BCUT2D eigenvalue weighted by molar-refractivity contribution is 5.47. The van der Waals surface area contributed by atoms with Crippen LogP contribution in [0.15, 0.2) is 24.3 Å². The van der Waals surface area contributed by atoms with E-state index in [1.165, 1.54) is 43.4 Å². The Morgan fingerprint density at radius 1 is 1.24 bits per heavy atom. The lowest BCUT2D eigenvalue weighted by Crippen LogP contribution is -2.64. The van der Waals surface area contributed by atoms with E-state index >= 15 is 0 Å². The van der Waals surface area contributed by atoms with Crippen LogP contribution >= 0.6 is 0 Å². The molecule has 2 fully saturated rings. The molecule has 0 aromatic heterocycles. The molecule has 0 aliphatic heterocycles. The monoisotopic (exact) mass is 287 g/mol. The summed E-state index contributed by atoms with van der Waals surface area (Å²) >= 11 is 0. The Morgan fingerprint density at radius 3 is 2.48 bits per heavy atom. The summed E-state index contributed by atoms with van der Waals surface area (Å²) in [5, 5.41) is 3.76. The molecule has 0 heterocycles. The molecular weight excluding hydrogens is 258 g/mol. The van der Waals surface area contributed by atoms with Crippen molar-refractivity contribution in [1.29, 1.82) is 0 Å². The molecule has 3 unspecified atom stereocenters. The molecule has 0 amide bonds. The molecule has 3 atom stereocenters. The largest absolute Gasteiger partial charge is 0.382 e. The topological polar surface area (TPSA) is 21.3 Å². The summed E-state index contributed by atoms with van der Waals surface area (Å²) in [7, 11) is 0. The smallest absolute Gasteiger partial charge is 0.0670 e. The summed E-state index contributed by atoms with van der Waals surface area (Å²) in [5.41, 5.74) is 3.15. The zero-order valence-electron chi connectivity index (χ0n) is 13.7. The Hall–Kier alpha value is -1.02. The van der Waals surface area contributed by atoms with E-state index in [4.69, 9.17) is 4.74 Å². The van der Waals surface area contributed by atoms with Crippen molar-refractivity contribution in [2.75, 3.05) is 11.9 Å². The van der Waals surface area contributed by atoms with Crippen molar-refractivity contribution in [1.82, 2.24) is 0 Å². The average Bonchev–Trinajstić information content (AvgIpc) is 2.44. The molecule has 2 saturated carbocycles. The Labute approximate surface area is 129 Å². The highest BCUT2D eigenvalue weighted by atomic mass is 16.5. The van der Waals surface area contributed by atoms with Crippen LogP contribution < -0.4 is 5.32 Å². The maximum absolute atomic E-state index is 5.93. The minimum atomic E-state index is 0.436. The van der Waals surface area contributed by atoms with Gasteiger partial charge in [-0.15, -0.1) is 0 Å². The second kappa shape index (κ2) is 6.00. The van der Waals surface area contributed by atoms with Crippen LogP contribution in [0.4, 0.5) is 5.69 Å². The highest BCUT2D eigenvalue weighted by Crippen LogP contribution is 2.58. The number of nitrogens with one attached hydrogen (secondary N) is 1. The van der Waals surface area contributed by atoms with Crippen LogP contribution in [-0.4, -0.2) is 18.8 Å². The molecule has 116 valence electrons. The predicted octanol–water partition coefficient (Wildman–Crippen LogP) is 4.96. The molecule has 0 bridgehead atoms. The van der Waals surface area contributed by atoms with E-state index in [-0.39, 0.29) is 0 Å². The SMILES string of the molecule is CCOC1CC(Nc2ccc(C(C)CC)cc2)C12CCC2. The van der Waals surface area contributed by atoms with Gasteiger partial charge < -0.3 is 10.1 Å². The normalized spacial score (nSPS) is 27.8. The molecule has 2 aliphatic carbocycles. The average molecular weight is 287 g/mol. The van der Waals surface area contributed by atoms with Crippen LogP contribution in [0.5, 0.6) is 0 Å². The molecule has 1 N–H and O–H groups in total. The number of hydrogen-bond acceptors (Lipinski definition) is 2. The summed E-state index contributed by atoms with van der Waals surface area (Å²) < 4.78 is 5.93. The summed E-state index contributed by atoms with van der Waals surface area (Å²) in [5.74, 6) is 0.656. The van der Waals surface area contributed by atoms with E-state index in [1.54, 1.807) is 0 Å². The number of benzene rings is 1. The molecule has 0 radical (unpaired) electrons. The van der Waals surface area contributed by atoms with Gasteiger partial charge in [-0.05, 0) is 56.2 Å². The van der Waals surface area contributed by atoms with Crippen LogP contribution in [-0.2, 0) is 4.74 Å². The van der Waals surface area contributed by atoms with Gasteiger partial charge in [0.25, 0.3) is 0 Å². The molecule has 2 aliphatic rings. The van der Waals surface area contributed by atoms with Gasteiger partial charge in [-0.1, -0.05) is 32.4 Å². The number of anilines is 1. The van der Waals surface area contributed by atoms with Crippen molar-refractivity contribution in [3.8, 4) is 0 Å². The van der Waals surface area contributed by atoms with E-state index in [1.807, 2.05) is 0 Å². The minimum absolute atomic E-state index is 0.436. The van der Waals surface area contributed by atoms with Crippen LogP contribution in [0.1, 0.15) is 64.4 Å². The fourth-order valence-corrected chi connectivity index (χ4v) is 3.99. The maximum Gasteiger partial charge on any atom is 0.0670 e. The third-order valence-electron chi connectivity index (χ3n) is 5.87. The highest BCUT2D eigenvalue weighted by Gasteiger charge is 2.58. The molecular formula is C19H29NO. The van der Waals surface area contributed by atoms with E-state index < -0.39 is 0 Å². The lowest BCUT2D eigenvalue weighted by Gasteiger charge is -2.61. The van der Waals surface area contributed by atoms with E-state index in [0.717, 1.165) is 6.61 Å². The van der Waals surface area contributed by atoms with Crippen LogP contribution in [0.2, 0.25) is 0 Å². The van der Waals surface area contributed by atoms with Gasteiger partial charge >= 0.3 is 0 Å². The van der Waals surface area contributed by atoms with Gasteiger partial charge in [-0.3, -0.25) is 0 Å². The summed E-state index contributed by atoms with van der Waals surface area (Å²) in [6.07, 6.45) is 6.90. The van der Waals surface area contributed by atoms with Crippen molar-refractivity contribution < 1.29 is 4.74 Å². The summed E-state index contributed by atoms with van der Waals surface area (Å²) in [6.45, 7) is 7.51. The van der Waals surface area contributed by atoms with Crippen LogP contribution in [0, 0.1) is 5.41 Å². The Morgan fingerprint density at radius 2 is 1.95 bits per heavy atom. The lowest BCUT2D eigenvalue weighted by molar-refractivity contribution is -0.157. The minimum Gasteiger partial charge on any atom is -0.382 e. The maximum atomic E-state index is 5.93. The Kier molecular flexibility index (Phi) is 4.26. The molecule has 1 spiro atoms. The van der Waals surface area contributed by atoms with Crippen LogP contribution in [0.25, 0.3) is 0 Å². The van der Waals surface area contributed by atoms with Crippen molar-refractivity contribution >= 4 is 5.69 Å². The zero-order valence-corrected chi connectivity index (χ0v) is 13.7. The molecule has 2 nitrogen and oxygen atoms in total.